The molecule has 0 aliphatic carbocycles. The molecule has 0 spiro atoms. The summed E-state index contributed by atoms with van der Waals surface area (Å²) < 4.78 is 5.29. The molecule has 0 aromatic rings. The molecule has 2 N–H and O–H groups in total. The number of carbonyl (C=O) groups excluding carboxylic acids is 3. The average Bonchev–Trinajstić information content (AvgIpc) is 3.00. The quantitative estimate of drug-likeness (QED) is 0.516. The molecule has 26 heavy (non-hydrogen) atoms. The van der Waals surface area contributed by atoms with Crippen LogP contribution in [-0.2, 0) is 19.1 Å². The van der Waals surface area contributed by atoms with E-state index in [0.29, 0.717) is 19.4 Å². The molecule has 0 aromatic carbocycles. The topological polar surface area (TPSA) is 92.9 Å². The van der Waals surface area contributed by atoms with E-state index in [4.69, 9.17) is 10.5 Å². The van der Waals surface area contributed by atoms with Crippen molar-refractivity contribution in [1.82, 2.24) is 9.80 Å². The minimum Gasteiger partial charge on any atom is -0.459 e. The van der Waals surface area contributed by atoms with E-state index in [1.54, 1.807) is 32.9 Å². The highest BCUT2D eigenvalue weighted by atomic mass is 16.6. The molecule has 0 aromatic heterocycles. The standard InChI is InChI=1S/C19H31N3O4/c1-6-9-14(20)17(24)22-12-8-10-15(22)18(25)21(11-7-2)13-16(23)26-19(3,4)5/h6-7,14-15H,1-2,8-13,20H2,3-5H3/t14-,15-/m0/s1. The largest absolute Gasteiger partial charge is 0.459 e. The van der Waals surface area contributed by atoms with Crippen molar-refractivity contribution >= 4 is 17.8 Å². The first-order valence-corrected chi connectivity index (χ1v) is 8.89. The van der Waals surface area contributed by atoms with E-state index >= 15 is 0 Å². The fourth-order valence-electron chi connectivity index (χ4n) is 2.91. The second-order valence-corrected chi connectivity index (χ2v) is 7.41. The maximum Gasteiger partial charge on any atom is 0.326 e. The number of esters is 1. The molecular weight excluding hydrogens is 334 g/mol. The zero-order chi connectivity index (χ0) is 19.9. The van der Waals surface area contributed by atoms with Crippen molar-refractivity contribution in [3.8, 4) is 0 Å². The minimum atomic E-state index is -0.709. The molecule has 1 aliphatic heterocycles. The Bertz CT molecular complexity index is 553. The van der Waals surface area contributed by atoms with Crippen LogP contribution >= 0.6 is 0 Å². The maximum atomic E-state index is 12.9. The Morgan fingerprint density at radius 3 is 2.50 bits per heavy atom. The lowest BCUT2D eigenvalue weighted by molar-refractivity contribution is -0.159. The molecule has 1 aliphatic rings. The molecule has 0 bridgehead atoms. The summed E-state index contributed by atoms with van der Waals surface area (Å²) in [6.45, 7) is 13.0. The number of nitrogens with two attached hydrogens (primary N) is 1. The van der Waals surface area contributed by atoms with Gasteiger partial charge in [0.2, 0.25) is 11.8 Å². The first kappa shape index (κ1) is 21.9. The van der Waals surface area contributed by atoms with E-state index in [1.807, 2.05) is 0 Å². The van der Waals surface area contributed by atoms with Gasteiger partial charge in [0.25, 0.3) is 0 Å². The molecule has 1 rings (SSSR count). The number of rotatable bonds is 8. The van der Waals surface area contributed by atoms with E-state index in [2.05, 4.69) is 13.2 Å². The van der Waals surface area contributed by atoms with Crippen molar-refractivity contribution in [2.24, 2.45) is 5.73 Å². The summed E-state index contributed by atoms with van der Waals surface area (Å²) in [7, 11) is 0. The van der Waals surface area contributed by atoms with Crippen LogP contribution < -0.4 is 5.73 Å². The average molecular weight is 365 g/mol. The Morgan fingerprint density at radius 2 is 1.96 bits per heavy atom. The van der Waals surface area contributed by atoms with Gasteiger partial charge in [-0.15, -0.1) is 13.2 Å². The molecule has 0 saturated carbocycles. The number of carbonyl (C=O) groups is 3. The lowest BCUT2D eigenvalue weighted by Crippen LogP contribution is -2.53. The van der Waals surface area contributed by atoms with Crippen LogP contribution in [0.1, 0.15) is 40.0 Å². The highest BCUT2D eigenvalue weighted by molar-refractivity contribution is 5.92. The van der Waals surface area contributed by atoms with Gasteiger partial charge in [-0.1, -0.05) is 12.2 Å². The predicted octanol–water partition coefficient (Wildman–Crippen LogP) is 1.24. The number of ether oxygens (including phenoxy) is 1. The highest BCUT2D eigenvalue weighted by Gasteiger charge is 2.38. The summed E-state index contributed by atoms with van der Waals surface area (Å²) in [4.78, 5) is 40.5. The van der Waals surface area contributed by atoms with Gasteiger partial charge in [-0.05, 0) is 40.0 Å². The smallest absolute Gasteiger partial charge is 0.326 e. The number of hydrogen-bond donors (Lipinski definition) is 1. The SMILES string of the molecule is C=CC[C@H](N)C(=O)N1CCC[C@H]1C(=O)N(CC=C)CC(=O)OC(C)(C)C. The summed E-state index contributed by atoms with van der Waals surface area (Å²) >= 11 is 0. The minimum absolute atomic E-state index is 0.181. The first-order valence-electron chi connectivity index (χ1n) is 8.89. The summed E-state index contributed by atoms with van der Waals surface area (Å²) in [6, 6.07) is -1.32. The molecule has 0 radical (unpaired) electrons. The second-order valence-electron chi connectivity index (χ2n) is 7.41. The summed E-state index contributed by atoms with van der Waals surface area (Å²) in [5, 5.41) is 0. The fraction of sp³-hybridized carbons (Fsp3) is 0.632. The van der Waals surface area contributed by atoms with Crippen LogP contribution in [0, 0.1) is 0 Å². The molecule has 2 amide bonds. The number of hydrogen-bond acceptors (Lipinski definition) is 5. The van der Waals surface area contributed by atoms with Gasteiger partial charge in [0, 0.05) is 13.1 Å². The zero-order valence-corrected chi connectivity index (χ0v) is 16.1. The third-order valence-electron chi connectivity index (χ3n) is 3.96. The second kappa shape index (κ2) is 9.52. The van der Waals surface area contributed by atoms with Crippen molar-refractivity contribution in [3.63, 3.8) is 0 Å². The van der Waals surface area contributed by atoms with Gasteiger partial charge >= 0.3 is 5.97 Å². The number of amides is 2. The number of nitrogens with zero attached hydrogens (tertiary/aromatic N) is 2. The van der Waals surface area contributed by atoms with Gasteiger partial charge in [-0.25, -0.2) is 0 Å². The third-order valence-corrected chi connectivity index (χ3v) is 3.96. The Kier molecular flexibility index (Phi) is 8.02. The van der Waals surface area contributed by atoms with Crippen LogP contribution in [0.3, 0.4) is 0 Å². The van der Waals surface area contributed by atoms with E-state index in [-0.39, 0.29) is 24.9 Å². The monoisotopic (exact) mass is 365 g/mol. The fourth-order valence-corrected chi connectivity index (χ4v) is 2.91. The van der Waals surface area contributed by atoms with Crippen molar-refractivity contribution in [1.29, 1.82) is 0 Å². The van der Waals surface area contributed by atoms with Gasteiger partial charge in [-0.3, -0.25) is 14.4 Å². The third kappa shape index (κ3) is 6.29. The predicted molar refractivity (Wildman–Crippen MR) is 100 cm³/mol. The van der Waals surface area contributed by atoms with Gasteiger partial charge in [0.1, 0.15) is 18.2 Å². The van der Waals surface area contributed by atoms with E-state index in [0.717, 1.165) is 6.42 Å². The zero-order valence-electron chi connectivity index (χ0n) is 16.1. The molecule has 1 heterocycles. The van der Waals surface area contributed by atoms with E-state index in [1.165, 1.54) is 9.80 Å². The maximum absolute atomic E-state index is 12.9. The molecule has 2 atom stereocenters. The lowest BCUT2D eigenvalue weighted by Gasteiger charge is -2.31. The highest BCUT2D eigenvalue weighted by Crippen LogP contribution is 2.21. The Morgan fingerprint density at radius 1 is 1.31 bits per heavy atom. The Hall–Kier alpha value is -2.15. The van der Waals surface area contributed by atoms with Crippen molar-refractivity contribution < 1.29 is 19.1 Å². The van der Waals surface area contributed by atoms with Crippen LogP contribution in [-0.4, -0.2) is 64.9 Å². The van der Waals surface area contributed by atoms with Gasteiger partial charge in [-0.2, -0.15) is 0 Å². The molecule has 0 unspecified atom stereocenters. The van der Waals surface area contributed by atoms with Crippen LogP contribution in [0.5, 0.6) is 0 Å². The van der Waals surface area contributed by atoms with E-state index < -0.39 is 23.7 Å². The molecule has 1 fully saturated rings. The van der Waals surface area contributed by atoms with E-state index in [9.17, 15) is 14.4 Å². The first-order chi connectivity index (χ1) is 12.1. The van der Waals surface area contributed by atoms with Crippen LogP contribution in [0.15, 0.2) is 25.3 Å². The Balaban J connectivity index is 2.86. The van der Waals surface area contributed by atoms with Crippen molar-refractivity contribution in [2.45, 2.75) is 57.7 Å². The van der Waals surface area contributed by atoms with Crippen LogP contribution in [0.4, 0.5) is 0 Å². The van der Waals surface area contributed by atoms with Gasteiger partial charge in [0.15, 0.2) is 0 Å². The van der Waals surface area contributed by atoms with Crippen LogP contribution in [0.2, 0.25) is 0 Å². The molecule has 7 heteroatoms. The summed E-state index contributed by atoms with van der Waals surface area (Å²) in [5.41, 5.74) is 5.25. The Labute approximate surface area is 155 Å². The van der Waals surface area contributed by atoms with Crippen molar-refractivity contribution in [3.05, 3.63) is 25.3 Å². The normalized spacial score (nSPS) is 18.2. The molecular formula is C19H31N3O4. The summed E-state index contributed by atoms with van der Waals surface area (Å²) in [6.07, 6.45) is 4.75. The summed E-state index contributed by atoms with van der Waals surface area (Å²) in [5.74, 6) is -1.05. The van der Waals surface area contributed by atoms with Crippen LogP contribution in [0.25, 0.3) is 0 Å². The molecule has 146 valence electrons. The molecule has 1 saturated heterocycles. The molecule has 7 nitrogen and oxygen atoms in total. The lowest BCUT2D eigenvalue weighted by atomic mass is 10.1. The van der Waals surface area contributed by atoms with Crippen molar-refractivity contribution in [2.75, 3.05) is 19.6 Å². The number of likely N-dealkylation sites (tertiary alicyclic amines) is 1. The van der Waals surface area contributed by atoms with Gasteiger partial charge < -0.3 is 20.3 Å². The van der Waals surface area contributed by atoms with Gasteiger partial charge in [0.05, 0.1) is 6.04 Å².